The lowest BCUT2D eigenvalue weighted by molar-refractivity contribution is 0.354. The number of hydrogen-bond donors (Lipinski definition) is 1. The molecule has 0 saturated carbocycles. The van der Waals surface area contributed by atoms with Crippen molar-refractivity contribution >= 4 is 11.6 Å². The molecule has 0 saturated heterocycles. The number of benzene rings is 2. The summed E-state index contributed by atoms with van der Waals surface area (Å²) in [6, 6.07) is 12.1. The number of nitrogens with one attached hydrogen (secondary N) is 1. The standard InChI is InChI=1S/C17H20ClNO2/c1-11-9-12(5-7-14(11)18)17(19-2)13-6-8-15(20-3)16(10-13)21-4/h5-10,17,19H,1-4H3. The number of halogens is 1. The van der Waals surface area contributed by atoms with Gasteiger partial charge in [0.2, 0.25) is 0 Å². The van der Waals surface area contributed by atoms with Crippen LogP contribution in [0.25, 0.3) is 0 Å². The van der Waals surface area contributed by atoms with Gasteiger partial charge in [-0.2, -0.15) is 0 Å². The summed E-state index contributed by atoms with van der Waals surface area (Å²) in [7, 11) is 5.21. The maximum Gasteiger partial charge on any atom is 0.161 e. The maximum absolute atomic E-state index is 6.10. The topological polar surface area (TPSA) is 30.5 Å². The van der Waals surface area contributed by atoms with Gasteiger partial charge in [-0.1, -0.05) is 29.8 Å². The van der Waals surface area contributed by atoms with Crippen molar-refractivity contribution < 1.29 is 9.47 Å². The Labute approximate surface area is 130 Å². The molecule has 0 aromatic heterocycles. The molecule has 0 radical (unpaired) electrons. The highest BCUT2D eigenvalue weighted by Crippen LogP contribution is 2.32. The predicted octanol–water partition coefficient (Wildman–Crippen LogP) is 3.97. The molecular weight excluding hydrogens is 286 g/mol. The highest BCUT2D eigenvalue weighted by molar-refractivity contribution is 6.31. The zero-order valence-electron chi connectivity index (χ0n) is 12.7. The fourth-order valence-electron chi connectivity index (χ4n) is 2.41. The minimum atomic E-state index is 0.0702. The first-order chi connectivity index (χ1) is 10.1. The van der Waals surface area contributed by atoms with Crippen LogP contribution in [0.3, 0.4) is 0 Å². The molecule has 2 aromatic rings. The molecule has 1 atom stereocenters. The Morgan fingerprint density at radius 3 is 2.14 bits per heavy atom. The SMILES string of the molecule is CNC(c1ccc(Cl)c(C)c1)c1ccc(OC)c(OC)c1. The third-order valence-electron chi connectivity index (χ3n) is 3.54. The molecule has 112 valence electrons. The summed E-state index contributed by atoms with van der Waals surface area (Å²) in [5, 5.41) is 4.11. The molecule has 0 spiro atoms. The van der Waals surface area contributed by atoms with E-state index in [-0.39, 0.29) is 6.04 Å². The lowest BCUT2D eigenvalue weighted by atomic mass is 9.97. The van der Waals surface area contributed by atoms with E-state index in [9.17, 15) is 0 Å². The molecule has 3 nitrogen and oxygen atoms in total. The summed E-state index contributed by atoms with van der Waals surface area (Å²) in [4.78, 5) is 0. The molecule has 4 heteroatoms. The molecule has 0 aliphatic rings. The number of methoxy groups -OCH3 is 2. The Kier molecular flexibility index (Phi) is 5.10. The molecule has 0 bridgehead atoms. The van der Waals surface area contributed by atoms with Gasteiger partial charge in [-0.05, 0) is 48.9 Å². The van der Waals surface area contributed by atoms with Gasteiger partial charge in [0, 0.05) is 5.02 Å². The zero-order valence-corrected chi connectivity index (χ0v) is 13.5. The quantitative estimate of drug-likeness (QED) is 0.906. The van der Waals surface area contributed by atoms with Gasteiger partial charge in [0.25, 0.3) is 0 Å². The molecule has 0 aliphatic heterocycles. The summed E-state index contributed by atoms with van der Waals surface area (Å²) in [6.07, 6.45) is 0. The molecule has 21 heavy (non-hydrogen) atoms. The van der Waals surface area contributed by atoms with E-state index in [1.807, 2.05) is 44.3 Å². The molecule has 0 amide bonds. The van der Waals surface area contributed by atoms with E-state index in [4.69, 9.17) is 21.1 Å². The van der Waals surface area contributed by atoms with Crippen LogP contribution in [0, 0.1) is 6.92 Å². The van der Waals surface area contributed by atoms with Crippen molar-refractivity contribution in [3.63, 3.8) is 0 Å². The van der Waals surface area contributed by atoms with Gasteiger partial charge in [0.05, 0.1) is 20.3 Å². The predicted molar refractivity (Wildman–Crippen MR) is 86.6 cm³/mol. The average Bonchev–Trinajstić information content (AvgIpc) is 2.51. The Hall–Kier alpha value is -1.71. The lowest BCUT2D eigenvalue weighted by Crippen LogP contribution is -2.17. The summed E-state index contributed by atoms with van der Waals surface area (Å²) in [5.41, 5.74) is 3.33. The van der Waals surface area contributed by atoms with Crippen molar-refractivity contribution in [1.82, 2.24) is 5.32 Å². The van der Waals surface area contributed by atoms with Gasteiger partial charge in [-0.25, -0.2) is 0 Å². The van der Waals surface area contributed by atoms with E-state index in [0.717, 1.165) is 33.2 Å². The van der Waals surface area contributed by atoms with Crippen LogP contribution in [0.1, 0.15) is 22.7 Å². The van der Waals surface area contributed by atoms with Crippen LogP contribution in [-0.2, 0) is 0 Å². The first-order valence-electron chi connectivity index (χ1n) is 6.76. The van der Waals surface area contributed by atoms with Crippen molar-refractivity contribution in [2.45, 2.75) is 13.0 Å². The lowest BCUT2D eigenvalue weighted by Gasteiger charge is -2.19. The number of hydrogen-bond acceptors (Lipinski definition) is 3. The number of ether oxygens (including phenoxy) is 2. The molecule has 0 heterocycles. The van der Waals surface area contributed by atoms with Crippen molar-refractivity contribution in [3.8, 4) is 11.5 Å². The highest BCUT2D eigenvalue weighted by Gasteiger charge is 2.15. The molecule has 2 rings (SSSR count). The fraction of sp³-hybridized carbons (Fsp3) is 0.294. The monoisotopic (exact) mass is 305 g/mol. The minimum Gasteiger partial charge on any atom is -0.493 e. The molecule has 2 aromatic carbocycles. The maximum atomic E-state index is 6.10. The number of rotatable bonds is 5. The first-order valence-corrected chi connectivity index (χ1v) is 7.13. The molecule has 1 unspecified atom stereocenters. The normalized spacial score (nSPS) is 12.0. The van der Waals surface area contributed by atoms with Crippen LogP contribution in [-0.4, -0.2) is 21.3 Å². The zero-order chi connectivity index (χ0) is 15.4. The summed E-state index contributed by atoms with van der Waals surface area (Å²) < 4.78 is 10.7. The van der Waals surface area contributed by atoms with E-state index in [1.54, 1.807) is 14.2 Å². The van der Waals surface area contributed by atoms with Gasteiger partial charge in [-0.15, -0.1) is 0 Å². The largest absolute Gasteiger partial charge is 0.493 e. The van der Waals surface area contributed by atoms with Gasteiger partial charge in [0.15, 0.2) is 11.5 Å². The van der Waals surface area contributed by atoms with Crippen molar-refractivity contribution in [2.75, 3.05) is 21.3 Å². The second kappa shape index (κ2) is 6.83. The molecule has 1 N–H and O–H groups in total. The van der Waals surface area contributed by atoms with E-state index in [1.165, 1.54) is 0 Å². The minimum absolute atomic E-state index is 0.0702. The van der Waals surface area contributed by atoms with E-state index in [2.05, 4.69) is 11.4 Å². The third kappa shape index (κ3) is 3.31. The number of aryl methyl sites for hydroxylation is 1. The Bertz CT molecular complexity index is 628. The van der Waals surface area contributed by atoms with E-state index in [0.29, 0.717) is 0 Å². The average molecular weight is 306 g/mol. The Morgan fingerprint density at radius 1 is 0.952 bits per heavy atom. The van der Waals surface area contributed by atoms with Gasteiger partial charge in [-0.3, -0.25) is 0 Å². The fourth-order valence-corrected chi connectivity index (χ4v) is 2.52. The molecule has 0 aliphatic carbocycles. The summed E-state index contributed by atoms with van der Waals surface area (Å²) in [6.45, 7) is 2.01. The van der Waals surface area contributed by atoms with Crippen LogP contribution < -0.4 is 14.8 Å². The Morgan fingerprint density at radius 2 is 1.57 bits per heavy atom. The Balaban J connectivity index is 2.43. The summed E-state index contributed by atoms with van der Waals surface area (Å²) in [5.74, 6) is 1.45. The van der Waals surface area contributed by atoms with Gasteiger partial charge in [0.1, 0.15) is 0 Å². The smallest absolute Gasteiger partial charge is 0.161 e. The van der Waals surface area contributed by atoms with Gasteiger partial charge >= 0.3 is 0 Å². The summed E-state index contributed by atoms with van der Waals surface area (Å²) >= 11 is 6.10. The van der Waals surface area contributed by atoms with Crippen LogP contribution in [0.2, 0.25) is 5.02 Å². The van der Waals surface area contributed by atoms with Crippen molar-refractivity contribution in [2.24, 2.45) is 0 Å². The van der Waals surface area contributed by atoms with Crippen molar-refractivity contribution in [3.05, 3.63) is 58.1 Å². The second-order valence-corrected chi connectivity index (χ2v) is 5.25. The second-order valence-electron chi connectivity index (χ2n) is 4.84. The third-order valence-corrected chi connectivity index (χ3v) is 3.97. The molecular formula is C17H20ClNO2. The van der Waals surface area contributed by atoms with Crippen LogP contribution >= 0.6 is 11.6 Å². The van der Waals surface area contributed by atoms with E-state index < -0.39 is 0 Å². The molecule has 0 fully saturated rings. The van der Waals surface area contributed by atoms with Crippen LogP contribution in [0.15, 0.2) is 36.4 Å². The van der Waals surface area contributed by atoms with Crippen molar-refractivity contribution in [1.29, 1.82) is 0 Å². The first kappa shape index (κ1) is 15.7. The highest BCUT2D eigenvalue weighted by atomic mass is 35.5. The van der Waals surface area contributed by atoms with Crippen LogP contribution in [0.5, 0.6) is 11.5 Å². The van der Waals surface area contributed by atoms with E-state index >= 15 is 0 Å². The van der Waals surface area contributed by atoms with Gasteiger partial charge < -0.3 is 14.8 Å². The van der Waals surface area contributed by atoms with Crippen LogP contribution in [0.4, 0.5) is 0 Å².